The minimum atomic E-state index is -0.485. The van der Waals surface area contributed by atoms with Crippen LogP contribution in [0.3, 0.4) is 0 Å². The van der Waals surface area contributed by atoms with Crippen LogP contribution in [0.25, 0.3) is 16.6 Å². The maximum atomic E-state index is 14.5. The molecule has 2 saturated heterocycles. The number of pyridine rings is 1. The van der Waals surface area contributed by atoms with Crippen molar-refractivity contribution in [2.75, 3.05) is 33.2 Å². The molecular formula is C35H48FN5O3. The van der Waals surface area contributed by atoms with Gasteiger partial charge in [-0.1, -0.05) is 0 Å². The number of hydrogen-bond donors (Lipinski definition) is 0. The summed E-state index contributed by atoms with van der Waals surface area (Å²) < 4.78 is 22.1. The molecule has 4 heterocycles. The lowest BCUT2D eigenvalue weighted by atomic mass is 9.97. The number of rotatable bonds is 6. The van der Waals surface area contributed by atoms with Crippen LogP contribution < -0.4 is 0 Å². The topological polar surface area (TPSA) is 70.9 Å². The van der Waals surface area contributed by atoms with Gasteiger partial charge in [0, 0.05) is 56.5 Å². The Labute approximate surface area is 261 Å². The molecule has 2 amide bonds. The second kappa shape index (κ2) is 12.9. The molecule has 2 fully saturated rings. The van der Waals surface area contributed by atoms with Crippen molar-refractivity contribution in [2.45, 2.75) is 91.3 Å². The highest BCUT2D eigenvalue weighted by Crippen LogP contribution is 2.34. The van der Waals surface area contributed by atoms with Crippen LogP contribution in [0.1, 0.15) is 81.8 Å². The molecule has 0 spiro atoms. The van der Waals surface area contributed by atoms with Crippen LogP contribution in [0.15, 0.2) is 36.8 Å². The number of amides is 2. The zero-order valence-electron chi connectivity index (χ0n) is 27.4. The summed E-state index contributed by atoms with van der Waals surface area (Å²) in [4.78, 5) is 36.7. The molecule has 9 heteroatoms. The number of carbonyl (C=O) groups excluding carboxylic acids is 2. The lowest BCUT2D eigenvalue weighted by Crippen LogP contribution is -2.38. The van der Waals surface area contributed by atoms with E-state index in [2.05, 4.69) is 23.0 Å². The molecular weight excluding hydrogens is 557 g/mol. The van der Waals surface area contributed by atoms with E-state index < -0.39 is 11.4 Å². The number of ether oxygens (including phenoxy) is 1. The predicted molar refractivity (Wildman–Crippen MR) is 172 cm³/mol. The zero-order valence-corrected chi connectivity index (χ0v) is 27.4. The van der Waals surface area contributed by atoms with Gasteiger partial charge in [0.2, 0.25) is 0 Å². The van der Waals surface area contributed by atoms with Gasteiger partial charge in [-0.3, -0.25) is 9.78 Å². The van der Waals surface area contributed by atoms with Crippen LogP contribution in [0.5, 0.6) is 0 Å². The van der Waals surface area contributed by atoms with Crippen molar-refractivity contribution in [1.29, 1.82) is 0 Å². The molecule has 0 bridgehead atoms. The van der Waals surface area contributed by atoms with Gasteiger partial charge in [0.25, 0.3) is 5.91 Å². The summed E-state index contributed by atoms with van der Waals surface area (Å²) in [5.74, 6) is -0.147. The zero-order chi connectivity index (χ0) is 31.8. The third-order valence-corrected chi connectivity index (χ3v) is 9.22. The molecule has 2 aromatic heterocycles. The number of halogens is 1. The van der Waals surface area contributed by atoms with Crippen LogP contribution in [0.4, 0.5) is 9.18 Å². The number of aromatic nitrogens is 2. The Bertz CT molecular complexity index is 1510. The first-order valence-electron chi connectivity index (χ1n) is 16.1. The van der Waals surface area contributed by atoms with Crippen molar-refractivity contribution in [2.24, 2.45) is 5.92 Å². The highest BCUT2D eigenvalue weighted by atomic mass is 19.1. The minimum Gasteiger partial charge on any atom is -0.444 e. The van der Waals surface area contributed by atoms with Crippen molar-refractivity contribution < 1.29 is 18.7 Å². The smallest absolute Gasteiger partial charge is 0.410 e. The first-order valence-corrected chi connectivity index (χ1v) is 16.1. The Morgan fingerprint density at radius 2 is 1.89 bits per heavy atom. The average Bonchev–Trinajstić information content (AvgIpc) is 3.48. The van der Waals surface area contributed by atoms with Gasteiger partial charge in [0.1, 0.15) is 11.4 Å². The van der Waals surface area contributed by atoms with E-state index in [9.17, 15) is 14.0 Å². The Morgan fingerprint density at radius 3 is 2.61 bits per heavy atom. The van der Waals surface area contributed by atoms with Crippen molar-refractivity contribution in [3.63, 3.8) is 0 Å². The minimum absolute atomic E-state index is 0.0151. The highest BCUT2D eigenvalue weighted by Gasteiger charge is 2.32. The van der Waals surface area contributed by atoms with E-state index in [4.69, 9.17) is 4.74 Å². The Balaban J connectivity index is 1.35. The summed E-state index contributed by atoms with van der Waals surface area (Å²) in [5, 5.41) is 1.15. The normalized spacial score (nSPS) is 19.9. The van der Waals surface area contributed by atoms with Gasteiger partial charge in [-0.05, 0) is 115 Å². The average molecular weight is 606 g/mol. The van der Waals surface area contributed by atoms with Crippen LogP contribution in [-0.4, -0.2) is 87.2 Å². The molecule has 1 unspecified atom stereocenters. The Hall–Kier alpha value is -3.46. The summed E-state index contributed by atoms with van der Waals surface area (Å²) in [6, 6.07) is 4.91. The van der Waals surface area contributed by atoms with E-state index in [0.29, 0.717) is 23.2 Å². The molecule has 2 aliphatic heterocycles. The maximum absolute atomic E-state index is 14.5. The summed E-state index contributed by atoms with van der Waals surface area (Å²) >= 11 is 0. The quantitative estimate of drug-likeness (QED) is 0.316. The first kappa shape index (κ1) is 31.9. The lowest BCUT2D eigenvalue weighted by molar-refractivity contribution is 0.0253. The van der Waals surface area contributed by atoms with Crippen LogP contribution in [0.2, 0.25) is 0 Å². The molecule has 0 aliphatic carbocycles. The second-order valence-corrected chi connectivity index (χ2v) is 14.0. The third kappa shape index (κ3) is 6.93. The van der Waals surface area contributed by atoms with Crippen molar-refractivity contribution in [3.8, 4) is 5.69 Å². The van der Waals surface area contributed by atoms with E-state index in [1.165, 1.54) is 17.7 Å². The Morgan fingerprint density at radius 1 is 1.11 bits per heavy atom. The molecule has 0 N–H and O–H groups in total. The van der Waals surface area contributed by atoms with Gasteiger partial charge >= 0.3 is 6.09 Å². The highest BCUT2D eigenvalue weighted by molar-refractivity contribution is 5.99. The summed E-state index contributed by atoms with van der Waals surface area (Å²) in [5.41, 5.74) is 3.75. The van der Waals surface area contributed by atoms with Gasteiger partial charge < -0.3 is 24.0 Å². The van der Waals surface area contributed by atoms with Crippen LogP contribution in [0, 0.1) is 18.7 Å². The van der Waals surface area contributed by atoms with Crippen LogP contribution >= 0.6 is 0 Å². The molecule has 2 aliphatic rings. The molecule has 1 aromatic carbocycles. The SMILES string of the molecule is Cc1cncc2c1c(C[C@@H]1CCN(C3CCCN(C(=O)OC(C)(C)C)CC3)C1)cn2-c1ccc(F)cc1C(=O)N(C)C(C)C. The fourth-order valence-electron chi connectivity index (χ4n) is 6.73. The van der Waals surface area contributed by atoms with E-state index in [1.807, 2.05) is 56.5 Å². The molecule has 0 saturated carbocycles. The van der Waals surface area contributed by atoms with Crippen molar-refractivity contribution >= 4 is 22.9 Å². The van der Waals surface area contributed by atoms with Gasteiger partial charge in [-0.2, -0.15) is 0 Å². The molecule has 44 heavy (non-hydrogen) atoms. The molecule has 3 aromatic rings. The largest absolute Gasteiger partial charge is 0.444 e. The van der Waals surface area contributed by atoms with E-state index in [1.54, 1.807) is 18.0 Å². The van der Waals surface area contributed by atoms with Gasteiger partial charge in [-0.25, -0.2) is 9.18 Å². The number of benzene rings is 1. The van der Waals surface area contributed by atoms with Crippen molar-refractivity contribution in [3.05, 3.63) is 59.3 Å². The monoisotopic (exact) mass is 605 g/mol. The summed E-state index contributed by atoms with van der Waals surface area (Å²) in [6.45, 7) is 15.3. The van der Waals surface area contributed by atoms with Gasteiger partial charge in [0.15, 0.2) is 0 Å². The molecule has 8 nitrogen and oxygen atoms in total. The molecule has 5 rings (SSSR count). The van der Waals surface area contributed by atoms with E-state index >= 15 is 0 Å². The maximum Gasteiger partial charge on any atom is 0.410 e. The number of carbonyl (C=O) groups is 2. The number of fused-ring (bicyclic) bond motifs is 1. The number of likely N-dealkylation sites (tertiary alicyclic amines) is 2. The third-order valence-electron chi connectivity index (χ3n) is 9.22. The standard InChI is InChI=1S/C35H48FN5O3/c1-23(2)38(7)33(42)29-18-27(36)10-11-30(29)41-22-26(32-24(3)19-37-20-31(32)41)17-25-12-15-40(21-25)28-9-8-14-39(16-13-28)34(43)44-35(4,5)6/h10-11,18-20,22-23,25,28H,8-9,12-17,21H2,1-7H3/t25-,28?/m0/s1. The second-order valence-electron chi connectivity index (χ2n) is 14.0. The fraction of sp³-hybridized carbons (Fsp3) is 0.571. The first-order chi connectivity index (χ1) is 20.8. The molecule has 238 valence electrons. The number of aryl methyl sites for hydroxylation is 1. The Kier molecular flexibility index (Phi) is 9.35. The fourth-order valence-corrected chi connectivity index (χ4v) is 6.73. The molecule has 0 radical (unpaired) electrons. The van der Waals surface area contributed by atoms with Crippen LogP contribution in [-0.2, 0) is 11.2 Å². The van der Waals surface area contributed by atoms with Gasteiger partial charge in [-0.15, -0.1) is 0 Å². The molecule has 2 atom stereocenters. The lowest BCUT2D eigenvalue weighted by Gasteiger charge is -2.28. The van der Waals surface area contributed by atoms with E-state index in [0.717, 1.165) is 74.7 Å². The summed E-state index contributed by atoms with van der Waals surface area (Å²) in [7, 11) is 1.75. The van der Waals surface area contributed by atoms with E-state index in [-0.39, 0.29) is 18.0 Å². The van der Waals surface area contributed by atoms with Crippen molar-refractivity contribution in [1.82, 2.24) is 24.3 Å². The summed E-state index contributed by atoms with van der Waals surface area (Å²) in [6.07, 6.45) is 10.7. The number of hydrogen-bond acceptors (Lipinski definition) is 5. The predicted octanol–water partition coefficient (Wildman–Crippen LogP) is 6.61. The number of nitrogens with zero attached hydrogens (tertiary/aromatic N) is 5. The van der Waals surface area contributed by atoms with Gasteiger partial charge in [0.05, 0.1) is 23.0 Å².